The molecule has 88 valence electrons. The fourth-order valence-electron chi connectivity index (χ4n) is 2.00. The van der Waals surface area contributed by atoms with Crippen LogP contribution in [0, 0.1) is 5.92 Å². The molecule has 0 aromatic carbocycles. The highest BCUT2D eigenvalue weighted by Crippen LogP contribution is 2.27. The summed E-state index contributed by atoms with van der Waals surface area (Å²) in [4.78, 5) is 10.8. The maximum atomic E-state index is 10.8. The molecular weight excluding hydrogens is 206 g/mol. The molecule has 0 radical (unpaired) electrons. The van der Waals surface area contributed by atoms with E-state index in [0.717, 1.165) is 32.4 Å². The molecule has 2 atom stereocenters. The second-order valence-electron chi connectivity index (χ2n) is 4.21. The van der Waals surface area contributed by atoms with Crippen LogP contribution in [-0.4, -0.2) is 33.4 Å². The molecule has 0 amide bonds. The Hall–Kier alpha value is -1.36. The third kappa shape index (κ3) is 2.61. The monoisotopic (exact) mass is 223 g/mol. The highest BCUT2D eigenvalue weighted by Gasteiger charge is 2.35. The van der Waals surface area contributed by atoms with Crippen LogP contribution in [0.3, 0.4) is 0 Å². The van der Waals surface area contributed by atoms with Crippen molar-refractivity contribution in [3.8, 4) is 0 Å². The summed E-state index contributed by atoms with van der Waals surface area (Å²) in [6.45, 7) is 1.73. The van der Waals surface area contributed by atoms with Gasteiger partial charge >= 0.3 is 5.97 Å². The second-order valence-corrected chi connectivity index (χ2v) is 4.21. The van der Waals surface area contributed by atoms with Crippen molar-refractivity contribution >= 4 is 5.97 Å². The van der Waals surface area contributed by atoms with Crippen molar-refractivity contribution in [2.45, 2.75) is 31.8 Å². The Labute approximate surface area is 94.5 Å². The minimum absolute atomic E-state index is 0.176. The van der Waals surface area contributed by atoms with Crippen LogP contribution < -0.4 is 5.32 Å². The smallest absolute Gasteiger partial charge is 0.308 e. The van der Waals surface area contributed by atoms with Crippen molar-refractivity contribution in [2.75, 3.05) is 6.54 Å². The van der Waals surface area contributed by atoms with Crippen LogP contribution in [0.25, 0.3) is 0 Å². The molecule has 2 rings (SSSR count). The Morgan fingerprint density at radius 1 is 1.56 bits per heavy atom. The van der Waals surface area contributed by atoms with Crippen LogP contribution >= 0.6 is 0 Å². The number of carboxylic acid groups (broad SMARTS) is 1. The zero-order chi connectivity index (χ0) is 11.4. The zero-order valence-corrected chi connectivity index (χ0v) is 9.17. The van der Waals surface area contributed by atoms with Gasteiger partial charge in [-0.05, 0) is 31.9 Å². The van der Waals surface area contributed by atoms with E-state index in [1.165, 1.54) is 0 Å². The van der Waals surface area contributed by atoms with Gasteiger partial charge in [0.05, 0.1) is 5.92 Å². The van der Waals surface area contributed by atoms with E-state index < -0.39 is 5.97 Å². The largest absolute Gasteiger partial charge is 0.481 e. The molecule has 5 heteroatoms. The summed E-state index contributed by atoms with van der Waals surface area (Å²) in [6, 6.07) is 2.08. The van der Waals surface area contributed by atoms with Gasteiger partial charge in [0.1, 0.15) is 0 Å². The summed E-state index contributed by atoms with van der Waals surface area (Å²) in [5, 5.41) is 16.3. The molecular formula is C11H17N3O2. The number of carboxylic acids is 1. The normalized spacial score (nSPS) is 24.0. The summed E-state index contributed by atoms with van der Waals surface area (Å²) in [7, 11) is 0. The van der Waals surface area contributed by atoms with Gasteiger partial charge in [-0.3, -0.25) is 9.48 Å². The predicted octanol–water partition coefficient (Wildman–Crippen LogP) is 0.726. The molecule has 5 nitrogen and oxygen atoms in total. The molecule has 0 aliphatic heterocycles. The molecule has 1 aliphatic rings. The van der Waals surface area contributed by atoms with Crippen molar-refractivity contribution in [1.82, 2.24) is 15.1 Å². The quantitative estimate of drug-likeness (QED) is 0.697. The van der Waals surface area contributed by atoms with Gasteiger partial charge in [-0.1, -0.05) is 0 Å². The molecule has 1 saturated carbocycles. The molecule has 1 aromatic rings. The molecule has 2 unspecified atom stereocenters. The number of nitrogens with one attached hydrogen (secondary N) is 1. The fraction of sp³-hybridized carbons (Fsp3) is 0.636. The zero-order valence-electron chi connectivity index (χ0n) is 9.17. The lowest BCUT2D eigenvalue weighted by Crippen LogP contribution is -2.48. The summed E-state index contributed by atoms with van der Waals surface area (Å²) in [5.41, 5.74) is 0. The van der Waals surface area contributed by atoms with E-state index in [2.05, 4.69) is 10.4 Å². The molecule has 1 aliphatic carbocycles. The highest BCUT2D eigenvalue weighted by atomic mass is 16.4. The summed E-state index contributed by atoms with van der Waals surface area (Å²) >= 11 is 0. The third-order valence-corrected chi connectivity index (χ3v) is 3.12. The molecule has 1 fully saturated rings. The van der Waals surface area contributed by atoms with Gasteiger partial charge in [0.2, 0.25) is 0 Å². The first-order chi connectivity index (χ1) is 7.77. The number of nitrogens with zero attached hydrogens (tertiary/aromatic N) is 2. The Bertz CT molecular complexity index is 337. The third-order valence-electron chi connectivity index (χ3n) is 3.12. The van der Waals surface area contributed by atoms with E-state index in [1.807, 2.05) is 16.9 Å². The molecule has 1 heterocycles. The van der Waals surface area contributed by atoms with Crippen LogP contribution in [-0.2, 0) is 11.3 Å². The van der Waals surface area contributed by atoms with Crippen molar-refractivity contribution in [1.29, 1.82) is 0 Å². The number of hydrogen-bond acceptors (Lipinski definition) is 3. The molecule has 0 bridgehead atoms. The lowest BCUT2D eigenvalue weighted by Gasteiger charge is -2.34. The average molecular weight is 223 g/mol. The Morgan fingerprint density at radius 2 is 2.44 bits per heavy atom. The molecule has 1 aromatic heterocycles. The van der Waals surface area contributed by atoms with Crippen LogP contribution in [0.2, 0.25) is 0 Å². The minimum atomic E-state index is -0.671. The number of hydrogen-bond donors (Lipinski definition) is 2. The summed E-state index contributed by atoms with van der Waals surface area (Å²) in [6.07, 6.45) is 6.47. The first-order valence-corrected chi connectivity index (χ1v) is 5.71. The summed E-state index contributed by atoms with van der Waals surface area (Å²) in [5.74, 6) is -0.847. The van der Waals surface area contributed by atoms with Crippen molar-refractivity contribution in [2.24, 2.45) is 5.92 Å². The van der Waals surface area contributed by atoms with Gasteiger partial charge in [0.25, 0.3) is 0 Å². The Kier molecular flexibility index (Phi) is 3.56. The lowest BCUT2D eigenvalue weighted by molar-refractivity contribution is -0.146. The molecule has 0 saturated heterocycles. The number of carbonyl (C=O) groups is 1. The molecule has 0 spiro atoms. The molecule has 2 N–H and O–H groups in total. The minimum Gasteiger partial charge on any atom is -0.481 e. The van der Waals surface area contributed by atoms with Crippen LogP contribution in [0.1, 0.15) is 19.3 Å². The topological polar surface area (TPSA) is 67.2 Å². The SMILES string of the molecule is O=C(O)C1CCC1NCCCn1cccn1. The van der Waals surface area contributed by atoms with Crippen molar-refractivity contribution in [3.63, 3.8) is 0 Å². The van der Waals surface area contributed by atoms with Gasteiger partial charge < -0.3 is 10.4 Å². The van der Waals surface area contributed by atoms with Crippen molar-refractivity contribution < 1.29 is 9.90 Å². The highest BCUT2D eigenvalue weighted by molar-refractivity contribution is 5.72. The average Bonchev–Trinajstić information content (AvgIpc) is 2.67. The van der Waals surface area contributed by atoms with Gasteiger partial charge in [0, 0.05) is 25.0 Å². The number of aryl methyl sites for hydroxylation is 1. The molecule has 16 heavy (non-hydrogen) atoms. The standard InChI is InChI=1S/C11H17N3O2/c15-11(16)9-3-4-10(9)12-5-1-7-14-8-2-6-13-14/h2,6,8-10,12H,1,3-5,7H2,(H,15,16). The summed E-state index contributed by atoms with van der Waals surface area (Å²) < 4.78 is 1.89. The van der Waals surface area contributed by atoms with E-state index in [4.69, 9.17) is 5.11 Å². The van der Waals surface area contributed by atoms with E-state index in [9.17, 15) is 4.79 Å². The van der Waals surface area contributed by atoms with Gasteiger partial charge in [0.15, 0.2) is 0 Å². The van der Waals surface area contributed by atoms with E-state index >= 15 is 0 Å². The number of aliphatic carboxylic acids is 1. The van der Waals surface area contributed by atoms with Crippen molar-refractivity contribution in [3.05, 3.63) is 18.5 Å². The first kappa shape index (κ1) is 11.1. The number of rotatable bonds is 6. The maximum absolute atomic E-state index is 10.8. The predicted molar refractivity (Wildman–Crippen MR) is 59.0 cm³/mol. The van der Waals surface area contributed by atoms with Crippen LogP contribution in [0.15, 0.2) is 18.5 Å². The van der Waals surface area contributed by atoms with Gasteiger partial charge in [-0.2, -0.15) is 5.10 Å². The van der Waals surface area contributed by atoms with Gasteiger partial charge in [-0.15, -0.1) is 0 Å². The van der Waals surface area contributed by atoms with Gasteiger partial charge in [-0.25, -0.2) is 0 Å². The van der Waals surface area contributed by atoms with E-state index in [0.29, 0.717) is 0 Å². The maximum Gasteiger partial charge on any atom is 0.308 e. The Balaban J connectivity index is 1.60. The number of aromatic nitrogens is 2. The second kappa shape index (κ2) is 5.12. The van der Waals surface area contributed by atoms with Crippen LogP contribution in [0.4, 0.5) is 0 Å². The van der Waals surface area contributed by atoms with Crippen LogP contribution in [0.5, 0.6) is 0 Å². The van der Waals surface area contributed by atoms with E-state index in [1.54, 1.807) is 6.20 Å². The van der Waals surface area contributed by atoms with E-state index in [-0.39, 0.29) is 12.0 Å². The first-order valence-electron chi connectivity index (χ1n) is 5.71. The Morgan fingerprint density at radius 3 is 3.00 bits per heavy atom. The lowest BCUT2D eigenvalue weighted by atomic mass is 9.79. The fourth-order valence-corrected chi connectivity index (χ4v) is 2.00.